The molecule has 0 bridgehead atoms. The molecule has 3 heterocycles. The second-order valence-electron chi connectivity index (χ2n) is 8.24. The normalized spacial score (nSPS) is 14.5. The number of aromatic nitrogens is 2. The molecule has 0 spiro atoms. The number of carbonyl (C=O) groups is 1. The first-order chi connectivity index (χ1) is 16.4. The second-order valence-corrected chi connectivity index (χ2v) is 10.2. The quantitative estimate of drug-likeness (QED) is 0.495. The summed E-state index contributed by atoms with van der Waals surface area (Å²) in [6.45, 7) is 6.50. The van der Waals surface area contributed by atoms with Gasteiger partial charge in [-0.2, -0.15) is 9.40 Å². The Balaban J connectivity index is 1.62. The zero-order valence-corrected chi connectivity index (χ0v) is 20.4. The van der Waals surface area contributed by atoms with Gasteiger partial charge in [0, 0.05) is 38.6 Å². The fraction of sp³-hybridized carbons (Fsp3) is 0.417. The molecule has 1 saturated heterocycles. The van der Waals surface area contributed by atoms with E-state index < -0.39 is 15.9 Å². The average Bonchev–Trinajstić information content (AvgIpc) is 3.53. The summed E-state index contributed by atoms with van der Waals surface area (Å²) in [6.07, 6.45) is 6.77. The van der Waals surface area contributed by atoms with E-state index in [1.54, 1.807) is 41.2 Å². The van der Waals surface area contributed by atoms with Gasteiger partial charge in [-0.15, -0.1) is 0 Å². The third-order valence-electron chi connectivity index (χ3n) is 6.02. The minimum absolute atomic E-state index is 0.156. The van der Waals surface area contributed by atoms with Crippen LogP contribution in [0.1, 0.15) is 49.4 Å². The van der Waals surface area contributed by atoms with E-state index in [0.29, 0.717) is 31.1 Å². The number of amides is 1. The molecule has 1 fully saturated rings. The molecule has 0 aliphatic carbocycles. The number of hydrogen-bond donors (Lipinski definition) is 1. The zero-order valence-electron chi connectivity index (χ0n) is 19.6. The maximum Gasteiger partial charge on any atom is 0.291 e. The van der Waals surface area contributed by atoms with Crippen LogP contribution in [0.4, 0.5) is 11.4 Å². The van der Waals surface area contributed by atoms with Crippen molar-refractivity contribution in [2.24, 2.45) is 0 Å². The minimum atomic E-state index is -3.67. The van der Waals surface area contributed by atoms with Gasteiger partial charge in [0.25, 0.3) is 5.91 Å². The number of benzene rings is 1. The molecule has 34 heavy (non-hydrogen) atoms. The molecule has 9 nitrogen and oxygen atoms in total. The van der Waals surface area contributed by atoms with Crippen LogP contribution < -0.4 is 10.2 Å². The van der Waals surface area contributed by atoms with Crippen LogP contribution in [-0.2, 0) is 16.6 Å². The molecule has 0 radical (unpaired) electrons. The third-order valence-corrected chi connectivity index (χ3v) is 8.06. The molecular formula is C24H31N5O4S. The zero-order chi connectivity index (χ0) is 24.1. The first kappa shape index (κ1) is 24.0. The van der Waals surface area contributed by atoms with Gasteiger partial charge in [-0.1, -0.05) is 13.8 Å². The van der Waals surface area contributed by atoms with E-state index >= 15 is 0 Å². The van der Waals surface area contributed by atoms with Crippen molar-refractivity contribution in [3.8, 4) is 0 Å². The Bertz CT molecular complexity index is 1210. The SMILES string of the molecule is CCN(CC)S(=O)(=O)c1ccc(N2CCCCC2)c(NC(=O)c2ccc(Cn3cccn3)o2)c1. The molecular weight excluding hydrogens is 454 g/mol. The molecule has 182 valence electrons. The van der Waals surface area contributed by atoms with E-state index in [2.05, 4.69) is 15.3 Å². The van der Waals surface area contributed by atoms with Crippen molar-refractivity contribution in [3.63, 3.8) is 0 Å². The van der Waals surface area contributed by atoms with E-state index in [1.807, 2.05) is 26.1 Å². The Kier molecular flexibility index (Phi) is 7.38. The van der Waals surface area contributed by atoms with Crippen LogP contribution in [0.3, 0.4) is 0 Å². The van der Waals surface area contributed by atoms with Crippen molar-refractivity contribution < 1.29 is 17.6 Å². The highest BCUT2D eigenvalue weighted by molar-refractivity contribution is 7.89. The largest absolute Gasteiger partial charge is 0.454 e. The standard InChI is InChI=1S/C24H31N5O4S/c1-3-29(4-2)34(31,32)20-10-11-22(27-14-6-5-7-15-27)21(17-20)26-24(30)23-12-9-19(33-23)18-28-16-8-13-25-28/h8-13,16-17H,3-7,14-15,18H2,1-2H3,(H,26,30). The van der Waals surface area contributed by atoms with E-state index in [-0.39, 0.29) is 10.7 Å². The van der Waals surface area contributed by atoms with Crippen molar-refractivity contribution in [1.82, 2.24) is 14.1 Å². The van der Waals surface area contributed by atoms with E-state index in [1.165, 1.54) is 4.31 Å². The van der Waals surface area contributed by atoms with Crippen molar-refractivity contribution in [2.45, 2.75) is 44.6 Å². The number of nitrogens with one attached hydrogen (secondary N) is 1. The molecule has 1 aliphatic heterocycles. The first-order valence-corrected chi connectivity index (χ1v) is 13.1. The van der Waals surface area contributed by atoms with Crippen LogP contribution >= 0.6 is 0 Å². The summed E-state index contributed by atoms with van der Waals surface area (Å²) in [5.41, 5.74) is 1.28. The first-order valence-electron chi connectivity index (χ1n) is 11.7. The van der Waals surface area contributed by atoms with E-state index in [9.17, 15) is 13.2 Å². The summed E-state index contributed by atoms with van der Waals surface area (Å²) in [5, 5.41) is 7.05. The number of sulfonamides is 1. The maximum absolute atomic E-state index is 13.1. The third kappa shape index (κ3) is 5.18. The van der Waals surface area contributed by atoms with Crippen LogP contribution in [0.5, 0.6) is 0 Å². The number of hydrogen-bond acceptors (Lipinski definition) is 6. The molecule has 3 aromatic rings. The summed E-state index contributed by atoms with van der Waals surface area (Å²) in [4.78, 5) is 15.4. The molecule has 1 amide bonds. The van der Waals surface area contributed by atoms with Gasteiger partial charge in [0.15, 0.2) is 5.76 Å². The van der Waals surface area contributed by atoms with Crippen molar-refractivity contribution in [3.05, 3.63) is 60.3 Å². The number of furan rings is 1. The fourth-order valence-corrected chi connectivity index (χ4v) is 5.71. The monoisotopic (exact) mass is 485 g/mol. The Labute approximate surface area is 200 Å². The van der Waals surface area contributed by atoms with Crippen LogP contribution in [0.25, 0.3) is 0 Å². The van der Waals surface area contributed by atoms with Gasteiger partial charge in [0.2, 0.25) is 10.0 Å². The van der Waals surface area contributed by atoms with E-state index in [4.69, 9.17) is 4.42 Å². The Morgan fingerprint density at radius 1 is 1.12 bits per heavy atom. The number of nitrogens with zero attached hydrogens (tertiary/aromatic N) is 4. The average molecular weight is 486 g/mol. The lowest BCUT2D eigenvalue weighted by Gasteiger charge is -2.31. The predicted octanol–water partition coefficient (Wildman–Crippen LogP) is 3.80. The topological polar surface area (TPSA) is 101 Å². The number of carbonyl (C=O) groups excluding carboxylic acids is 1. The van der Waals surface area contributed by atoms with Gasteiger partial charge >= 0.3 is 0 Å². The van der Waals surface area contributed by atoms with Gasteiger partial charge in [-0.3, -0.25) is 9.48 Å². The predicted molar refractivity (Wildman–Crippen MR) is 131 cm³/mol. The summed E-state index contributed by atoms with van der Waals surface area (Å²) >= 11 is 0. The number of rotatable bonds is 9. The molecule has 0 atom stereocenters. The molecule has 1 N–H and O–H groups in total. The van der Waals surface area contributed by atoms with E-state index in [0.717, 1.165) is 38.0 Å². The molecule has 4 rings (SSSR count). The highest BCUT2D eigenvalue weighted by Gasteiger charge is 2.25. The molecule has 10 heteroatoms. The Morgan fingerprint density at radius 3 is 2.56 bits per heavy atom. The summed E-state index contributed by atoms with van der Waals surface area (Å²) in [6, 6.07) is 10.2. The highest BCUT2D eigenvalue weighted by Crippen LogP contribution is 2.32. The molecule has 2 aromatic heterocycles. The molecule has 0 unspecified atom stereocenters. The lowest BCUT2D eigenvalue weighted by Crippen LogP contribution is -2.32. The highest BCUT2D eigenvalue weighted by atomic mass is 32.2. The number of piperidine rings is 1. The van der Waals surface area contributed by atoms with Crippen LogP contribution in [-0.4, -0.2) is 54.6 Å². The van der Waals surface area contributed by atoms with Crippen LogP contribution in [0.15, 0.2) is 58.1 Å². The van der Waals surface area contributed by atoms with Gasteiger partial charge in [-0.05, 0) is 55.7 Å². The van der Waals surface area contributed by atoms with Gasteiger partial charge in [0.05, 0.1) is 22.8 Å². The Hall–Kier alpha value is -3.11. The van der Waals surface area contributed by atoms with Crippen LogP contribution in [0, 0.1) is 0 Å². The smallest absolute Gasteiger partial charge is 0.291 e. The second kappa shape index (κ2) is 10.4. The lowest BCUT2D eigenvalue weighted by atomic mass is 10.1. The van der Waals surface area contributed by atoms with Crippen LogP contribution in [0.2, 0.25) is 0 Å². The van der Waals surface area contributed by atoms with Crippen molar-refractivity contribution in [2.75, 3.05) is 36.4 Å². The van der Waals surface area contributed by atoms with Gasteiger partial charge in [-0.25, -0.2) is 8.42 Å². The molecule has 1 aromatic carbocycles. The Morgan fingerprint density at radius 2 is 1.88 bits per heavy atom. The number of anilines is 2. The maximum atomic E-state index is 13.1. The summed E-state index contributed by atoms with van der Waals surface area (Å²) in [5.74, 6) is 0.328. The van der Waals surface area contributed by atoms with Gasteiger partial charge < -0.3 is 14.6 Å². The molecule has 0 saturated carbocycles. The summed E-state index contributed by atoms with van der Waals surface area (Å²) < 4.78 is 35.1. The van der Waals surface area contributed by atoms with Gasteiger partial charge in [0.1, 0.15) is 5.76 Å². The fourth-order valence-electron chi connectivity index (χ4n) is 4.22. The van der Waals surface area contributed by atoms with Crippen molar-refractivity contribution in [1.29, 1.82) is 0 Å². The lowest BCUT2D eigenvalue weighted by molar-refractivity contribution is 0.0994. The molecule has 1 aliphatic rings. The minimum Gasteiger partial charge on any atom is -0.454 e. The summed E-state index contributed by atoms with van der Waals surface area (Å²) in [7, 11) is -3.67. The van der Waals surface area contributed by atoms with Crippen molar-refractivity contribution >= 4 is 27.3 Å².